The number of hydrogen-bond acceptors (Lipinski definition) is 9. The van der Waals surface area contributed by atoms with Crippen molar-refractivity contribution in [3.8, 4) is 0 Å². The Morgan fingerprint density at radius 2 is 1.71 bits per heavy atom. The lowest BCUT2D eigenvalue weighted by Gasteiger charge is -2.51. The summed E-state index contributed by atoms with van der Waals surface area (Å²) in [7, 11) is 0.459. The molecule has 0 saturated carbocycles. The van der Waals surface area contributed by atoms with Crippen LogP contribution in [0.4, 0.5) is 0 Å². The highest BCUT2D eigenvalue weighted by Crippen LogP contribution is 2.43. The van der Waals surface area contributed by atoms with Gasteiger partial charge in [-0.05, 0) is 46.2 Å². The molecule has 12 heteroatoms. The molecule has 10 nitrogen and oxygen atoms in total. The van der Waals surface area contributed by atoms with Crippen molar-refractivity contribution >= 4 is 22.5 Å². The van der Waals surface area contributed by atoms with Crippen LogP contribution in [-0.2, 0) is 37.3 Å². The lowest BCUT2D eigenvalue weighted by molar-refractivity contribution is -0.295. The number of aliphatic hydroxyl groups excluding tert-OH is 1. The van der Waals surface area contributed by atoms with E-state index < -0.39 is 52.9 Å². The van der Waals surface area contributed by atoms with Gasteiger partial charge < -0.3 is 43.0 Å². The molecule has 2 heterocycles. The fourth-order valence-corrected chi connectivity index (χ4v) is 7.94. The Balaban J connectivity index is 2.43. The van der Waals surface area contributed by atoms with Gasteiger partial charge in [0.1, 0.15) is 6.10 Å². The zero-order valence-corrected chi connectivity index (χ0v) is 30.4. The topological polar surface area (TPSA) is 114 Å². The summed E-state index contributed by atoms with van der Waals surface area (Å²) in [5.41, 5.74) is 0.567. The summed E-state index contributed by atoms with van der Waals surface area (Å²) < 4.78 is 43.6. The fourth-order valence-electron chi connectivity index (χ4n) is 5.69. The smallest absolute Gasteiger partial charge is 0.255 e. The molecule has 1 amide bonds. The van der Waals surface area contributed by atoms with Crippen LogP contribution in [0.1, 0.15) is 47.0 Å². The summed E-state index contributed by atoms with van der Waals surface area (Å²) in [6, 6.07) is 0. The zero-order valence-electron chi connectivity index (χ0n) is 28.4. The van der Waals surface area contributed by atoms with Crippen molar-refractivity contribution in [3.63, 3.8) is 0 Å². The minimum atomic E-state index is -2.26. The molecular formula is C30H59NO9Si2. The van der Waals surface area contributed by atoms with E-state index in [9.17, 15) is 9.90 Å². The molecule has 2 fully saturated rings. The van der Waals surface area contributed by atoms with Crippen molar-refractivity contribution in [1.29, 1.82) is 0 Å². The minimum absolute atomic E-state index is 0.115. The maximum Gasteiger partial charge on any atom is 0.255 e. The third-order valence-corrected chi connectivity index (χ3v) is 10.4. The van der Waals surface area contributed by atoms with Crippen molar-refractivity contribution in [2.24, 2.45) is 11.3 Å². The number of rotatable bonds is 14. The Morgan fingerprint density at radius 1 is 1.10 bits per heavy atom. The largest absolute Gasteiger partial charge is 0.414 e. The van der Waals surface area contributed by atoms with E-state index in [0.29, 0.717) is 19.3 Å². The first kappa shape index (κ1) is 37.5. The summed E-state index contributed by atoms with van der Waals surface area (Å²) in [6.45, 7) is 24.9. The van der Waals surface area contributed by atoms with Gasteiger partial charge in [0.25, 0.3) is 5.91 Å². The van der Waals surface area contributed by atoms with Crippen LogP contribution >= 0.6 is 0 Å². The van der Waals surface area contributed by atoms with Gasteiger partial charge in [-0.3, -0.25) is 4.79 Å². The molecule has 9 atom stereocenters. The normalized spacial score (nSPS) is 32.7. The summed E-state index contributed by atoms with van der Waals surface area (Å²) in [6.07, 6.45) is -2.17. The molecule has 0 aromatic rings. The molecule has 0 spiro atoms. The Labute approximate surface area is 256 Å². The first-order valence-electron chi connectivity index (χ1n) is 15.1. The Bertz CT molecular complexity index is 902. The van der Waals surface area contributed by atoms with Crippen molar-refractivity contribution in [3.05, 3.63) is 12.2 Å². The molecule has 2 aliphatic rings. The SMILES string of the molecule is C=C1C[C@](OC)(C(O[Si](C)(C)C)C(=O)N[C@@H](OC)[C@@H]2CC(O[Si](C)(C)C)C(C)(C)[C@@H](CC(CO)OC)O2)O[C@H](C)[C@@H]1C. The molecule has 0 aliphatic carbocycles. The molecule has 3 unspecified atom stereocenters. The van der Waals surface area contributed by atoms with Crippen LogP contribution in [0.15, 0.2) is 12.2 Å². The van der Waals surface area contributed by atoms with Crippen LogP contribution in [0, 0.1) is 11.3 Å². The number of carbonyl (C=O) groups excluding carboxylic acids is 1. The van der Waals surface area contributed by atoms with Crippen LogP contribution in [0.5, 0.6) is 0 Å². The molecule has 0 aromatic carbocycles. The quantitative estimate of drug-likeness (QED) is 0.163. The summed E-state index contributed by atoms with van der Waals surface area (Å²) >= 11 is 0. The molecule has 2 rings (SSSR count). The number of ether oxygens (including phenoxy) is 5. The molecule has 246 valence electrons. The van der Waals surface area contributed by atoms with Crippen LogP contribution < -0.4 is 5.32 Å². The highest BCUT2D eigenvalue weighted by atomic mass is 28.4. The summed E-state index contributed by atoms with van der Waals surface area (Å²) in [5, 5.41) is 12.9. The van der Waals surface area contributed by atoms with E-state index in [1.807, 2.05) is 26.6 Å². The first-order valence-corrected chi connectivity index (χ1v) is 21.9. The second-order valence-corrected chi connectivity index (χ2v) is 23.4. The number of methoxy groups -OCH3 is 3. The second-order valence-electron chi connectivity index (χ2n) is 14.5. The lowest BCUT2D eigenvalue weighted by atomic mass is 9.74. The highest BCUT2D eigenvalue weighted by Gasteiger charge is 2.54. The Hall–Kier alpha value is -0.676. The van der Waals surface area contributed by atoms with Crippen molar-refractivity contribution in [1.82, 2.24) is 5.32 Å². The number of aliphatic hydroxyl groups is 1. The van der Waals surface area contributed by atoms with Gasteiger partial charge in [-0.2, -0.15) is 0 Å². The van der Waals surface area contributed by atoms with Crippen LogP contribution in [0.2, 0.25) is 39.3 Å². The van der Waals surface area contributed by atoms with E-state index in [0.717, 1.165) is 5.57 Å². The van der Waals surface area contributed by atoms with Crippen LogP contribution in [0.25, 0.3) is 0 Å². The van der Waals surface area contributed by atoms with Gasteiger partial charge in [0.15, 0.2) is 29.0 Å². The number of carbonyl (C=O) groups is 1. The second kappa shape index (κ2) is 14.6. The van der Waals surface area contributed by atoms with Gasteiger partial charge >= 0.3 is 0 Å². The van der Waals surface area contributed by atoms with Gasteiger partial charge in [-0.25, -0.2) is 0 Å². The first-order chi connectivity index (χ1) is 19.2. The third kappa shape index (κ3) is 9.41. The van der Waals surface area contributed by atoms with E-state index in [1.165, 1.54) is 0 Å². The lowest BCUT2D eigenvalue weighted by Crippen LogP contribution is -2.64. The van der Waals surface area contributed by atoms with Crippen molar-refractivity contribution in [2.75, 3.05) is 27.9 Å². The van der Waals surface area contributed by atoms with Crippen LogP contribution in [-0.4, -0.2) is 104 Å². The van der Waals surface area contributed by atoms with Gasteiger partial charge in [-0.1, -0.05) is 32.9 Å². The molecule has 2 saturated heterocycles. The molecule has 0 aromatic heterocycles. The molecule has 42 heavy (non-hydrogen) atoms. The standard InChI is InChI=1S/C30H59NO9Si2/c1-19-17-30(36-8,38-21(3)20(19)2)26(40-42(12,13)14)27(33)31-28(35-7)23-16-25(39-41(9,10)11)29(4,5)24(37-23)15-22(18-32)34-6/h20-26,28,32H,1,15-18H2,2-14H3,(H,31,33)/t20-,21-,22?,23+,24-,25?,26?,28+,30-/m1/s1. The van der Waals surface area contributed by atoms with Gasteiger partial charge in [0.05, 0.1) is 31.0 Å². The van der Waals surface area contributed by atoms with Gasteiger partial charge in [0, 0.05) is 51.9 Å². The molecule has 0 radical (unpaired) electrons. The third-order valence-electron chi connectivity index (χ3n) is 8.49. The molecule has 0 bridgehead atoms. The average Bonchev–Trinajstić information content (AvgIpc) is 2.87. The van der Waals surface area contributed by atoms with E-state index >= 15 is 0 Å². The van der Waals surface area contributed by atoms with E-state index in [1.54, 1.807) is 21.3 Å². The van der Waals surface area contributed by atoms with E-state index in [-0.39, 0.29) is 36.3 Å². The predicted octanol–water partition coefficient (Wildman–Crippen LogP) is 4.44. The van der Waals surface area contributed by atoms with Crippen molar-refractivity contribution in [2.45, 2.75) is 135 Å². The minimum Gasteiger partial charge on any atom is -0.414 e. The zero-order chi connectivity index (χ0) is 32.3. The maximum absolute atomic E-state index is 14.2. The average molecular weight is 634 g/mol. The fraction of sp³-hybridized carbons (Fsp3) is 0.900. The molecule has 2 N–H and O–H groups in total. The Kier molecular flexibility index (Phi) is 13.1. The van der Waals surface area contributed by atoms with Crippen LogP contribution in [0.3, 0.4) is 0 Å². The van der Waals surface area contributed by atoms with E-state index in [2.05, 4.69) is 52.3 Å². The van der Waals surface area contributed by atoms with Crippen molar-refractivity contribution < 1.29 is 42.4 Å². The maximum atomic E-state index is 14.2. The summed E-state index contributed by atoms with van der Waals surface area (Å²) in [4.78, 5) is 14.2. The van der Waals surface area contributed by atoms with Gasteiger partial charge in [-0.15, -0.1) is 0 Å². The number of hydrogen-bond donors (Lipinski definition) is 2. The molecule has 2 aliphatic heterocycles. The van der Waals surface area contributed by atoms with Gasteiger partial charge in [0.2, 0.25) is 5.79 Å². The summed E-state index contributed by atoms with van der Waals surface area (Å²) in [5.74, 6) is -1.62. The Morgan fingerprint density at radius 3 is 2.17 bits per heavy atom. The monoisotopic (exact) mass is 633 g/mol. The number of amides is 1. The highest BCUT2D eigenvalue weighted by molar-refractivity contribution is 6.70. The molecular weight excluding hydrogens is 575 g/mol. The predicted molar refractivity (Wildman–Crippen MR) is 168 cm³/mol. The number of nitrogens with one attached hydrogen (secondary N) is 1. The van der Waals surface area contributed by atoms with E-state index in [4.69, 9.17) is 32.5 Å².